The zero-order chi connectivity index (χ0) is 25.7. The number of carbonyl (C=O) groups is 2. The zero-order valence-corrected chi connectivity index (χ0v) is 21.8. The van der Waals surface area contributed by atoms with Crippen LogP contribution in [0.15, 0.2) is 59.0 Å². The normalized spacial score (nSPS) is 14.7. The highest BCUT2D eigenvalue weighted by Crippen LogP contribution is 2.32. The number of carbonyl (C=O) groups excluding carboxylic acids is 2. The number of ether oxygens (including phenoxy) is 1. The van der Waals surface area contributed by atoms with Crippen molar-refractivity contribution >= 4 is 29.2 Å². The van der Waals surface area contributed by atoms with Crippen molar-refractivity contribution in [2.75, 3.05) is 25.0 Å². The van der Waals surface area contributed by atoms with Gasteiger partial charge in [0.05, 0.1) is 13.2 Å². The van der Waals surface area contributed by atoms with Gasteiger partial charge in [-0.25, -0.2) is 4.79 Å². The summed E-state index contributed by atoms with van der Waals surface area (Å²) in [4.78, 5) is 27.0. The van der Waals surface area contributed by atoms with Crippen molar-refractivity contribution in [1.82, 2.24) is 4.90 Å². The van der Waals surface area contributed by atoms with E-state index in [4.69, 9.17) is 20.8 Å². The van der Waals surface area contributed by atoms with Gasteiger partial charge >= 0.3 is 5.97 Å². The van der Waals surface area contributed by atoms with Crippen molar-refractivity contribution in [3.8, 4) is 11.3 Å². The molecule has 36 heavy (non-hydrogen) atoms. The lowest BCUT2D eigenvalue weighted by atomic mass is 9.89. The number of furan rings is 1. The molecule has 7 heteroatoms. The molecule has 1 aromatic heterocycles. The lowest BCUT2D eigenvalue weighted by Gasteiger charge is -2.32. The van der Waals surface area contributed by atoms with Crippen LogP contribution in [0.25, 0.3) is 11.3 Å². The third-order valence-corrected chi connectivity index (χ3v) is 6.79. The number of halogens is 1. The van der Waals surface area contributed by atoms with E-state index in [0.29, 0.717) is 41.2 Å². The minimum atomic E-state index is -0.369. The van der Waals surface area contributed by atoms with Gasteiger partial charge in [-0.2, -0.15) is 0 Å². The Hall–Kier alpha value is -3.09. The maximum absolute atomic E-state index is 12.6. The van der Waals surface area contributed by atoms with Crippen LogP contribution in [0.3, 0.4) is 0 Å². The van der Waals surface area contributed by atoms with Gasteiger partial charge in [-0.1, -0.05) is 37.6 Å². The Balaban J connectivity index is 1.44. The Morgan fingerprint density at radius 1 is 1.11 bits per heavy atom. The monoisotopic (exact) mass is 508 g/mol. The lowest BCUT2D eigenvalue weighted by Crippen LogP contribution is -2.32. The van der Waals surface area contributed by atoms with Gasteiger partial charge < -0.3 is 14.5 Å². The maximum atomic E-state index is 12.6. The molecule has 4 rings (SSSR count). The first-order chi connectivity index (χ1) is 17.3. The van der Waals surface area contributed by atoms with Crippen molar-refractivity contribution in [3.05, 3.63) is 76.5 Å². The highest BCUT2D eigenvalue weighted by molar-refractivity contribution is 6.30. The summed E-state index contributed by atoms with van der Waals surface area (Å²) in [6, 6.07) is 17.3. The predicted octanol–water partition coefficient (Wildman–Crippen LogP) is 6.75. The smallest absolute Gasteiger partial charge is 0.341 e. The molecule has 2 heterocycles. The average Bonchev–Trinajstić information content (AvgIpc) is 3.29. The van der Waals surface area contributed by atoms with Gasteiger partial charge in [0.2, 0.25) is 5.91 Å². The molecule has 1 amide bonds. The van der Waals surface area contributed by atoms with Crippen LogP contribution in [-0.2, 0) is 16.1 Å². The van der Waals surface area contributed by atoms with E-state index in [0.717, 1.165) is 37.2 Å². The molecule has 1 N–H and O–H groups in total. The van der Waals surface area contributed by atoms with Crippen molar-refractivity contribution in [2.24, 2.45) is 5.92 Å². The number of piperidine rings is 1. The van der Waals surface area contributed by atoms with E-state index >= 15 is 0 Å². The van der Waals surface area contributed by atoms with Gasteiger partial charge in [0, 0.05) is 22.2 Å². The van der Waals surface area contributed by atoms with E-state index in [1.54, 1.807) is 25.1 Å². The molecule has 0 atom stereocenters. The minimum absolute atomic E-state index is 0.0239. The maximum Gasteiger partial charge on any atom is 0.341 e. The SMILES string of the molecule is CCOC(=O)c1cc(-c2ccc(Cl)cc2)oc1CN1CCC(c2cccc(NC(=O)C(C)C)c2)CC1. The third-order valence-electron chi connectivity index (χ3n) is 6.54. The van der Waals surface area contributed by atoms with E-state index in [-0.39, 0.29) is 17.8 Å². The van der Waals surface area contributed by atoms with Gasteiger partial charge in [0.1, 0.15) is 17.1 Å². The van der Waals surface area contributed by atoms with Crippen molar-refractivity contribution in [1.29, 1.82) is 0 Å². The Bertz CT molecular complexity index is 1190. The molecule has 0 bridgehead atoms. The molecule has 3 aromatic rings. The summed E-state index contributed by atoms with van der Waals surface area (Å²) in [6.07, 6.45) is 1.97. The number of nitrogens with one attached hydrogen (secondary N) is 1. The van der Waals surface area contributed by atoms with Crippen LogP contribution in [0.5, 0.6) is 0 Å². The highest BCUT2D eigenvalue weighted by Gasteiger charge is 2.26. The Labute approximate surface area is 217 Å². The summed E-state index contributed by atoms with van der Waals surface area (Å²) in [6.45, 7) is 8.19. The molecular weight excluding hydrogens is 476 g/mol. The van der Waals surface area contributed by atoms with Crippen LogP contribution in [0, 0.1) is 5.92 Å². The summed E-state index contributed by atoms with van der Waals surface area (Å²) in [5.74, 6) is 1.26. The highest BCUT2D eigenvalue weighted by atomic mass is 35.5. The molecule has 1 fully saturated rings. The number of hydrogen-bond donors (Lipinski definition) is 1. The van der Waals surface area contributed by atoms with Crippen LogP contribution in [0.1, 0.15) is 61.2 Å². The summed E-state index contributed by atoms with van der Waals surface area (Å²) in [7, 11) is 0. The Morgan fingerprint density at radius 3 is 2.50 bits per heavy atom. The topological polar surface area (TPSA) is 71.8 Å². The van der Waals surface area contributed by atoms with Crippen molar-refractivity contribution < 1.29 is 18.7 Å². The number of anilines is 1. The minimum Gasteiger partial charge on any atom is -0.462 e. The van der Waals surface area contributed by atoms with Gasteiger partial charge in [-0.05, 0) is 86.8 Å². The second-order valence-electron chi connectivity index (χ2n) is 9.49. The first kappa shape index (κ1) is 26.0. The van der Waals surface area contributed by atoms with Crippen LogP contribution in [-0.4, -0.2) is 36.5 Å². The van der Waals surface area contributed by atoms with Gasteiger partial charge in [-0.3, -0.25) is 9.69 Å². The van der Waals surface area contributed by atoms with Crippen LogP contribution in [0.2, 0.25) is 5.02 Å². The Kier molecular flexibility index (Phi) is 8.49. The van der Waals surface area contributed by atoms with Crippen molar-refractivity contribution in [2.45, 2.75) is 46.1 Å². The molecule has 2 aromatic carbocycles. The Morgan fingerprint density at radius 2 is 1.83 bits per heavy atom. The van der Waals surface area contributed by atoms with Crippen LogP contribution in [0.4, 0.5) is 5.69 Å². The summed E-state index contributed by atoms with van der Waals surface area (Å²) < 4.78 is 11.5. The van der Waals surface area contributed by atoms with Crippen LogP contribution >= 0.6 is 11.6 Å². The first-order valence-corrected chi connectivity index (χ1v) is 12.9. The molecule has 0 saturated carbocycles. The summed E-state index contributed by atoms with van der Waals surface area (Å²) >= 11 is 6.03. The summed E-state index contributed by atoms with van der Waals surface area (Å²) in [5.41, 5.74) is 3.42. The molecule has 0 radical (unpaired) electrons. The average molecular weight is 509 g/mol. The number of nitrogens with zero attached hydrogens (tertiary/aromatic N) is 1. The van der Waals surface area contributed by atoms with Gasteiger partial charge in [0.25, 0.3) is 0 Å². The number of esters is 1. The lowest BCUT2D eigenvalue weighted by molar-refractivity contribution is -0.118. The largest absolute Gasteiger partial charge is 0.462 e. The van der Waals surface area contributed by atoms with Gasteiger partial charge in [0.15, 0.2) is 0 Å². The van der Waals surface area contributed by atoms with E-state index in [1.807, 2.05) is 38.1 Å². The van der Waals surface area contributed by atoms with E-state index in [9.17, 15) is 9.59 Å². The molecule has 190 valence electrons. The van der Waals surface area contributed by atoms with E-state index in [2.05, 4.69) is 22.3 Å². The molecule has 0 aliphatic carbocycles. The summed E-state index contributed by atoms with van der Waals surface area (Å²) in [5, 5.41) is 3.64. The number of likely N-dealkylation sites (tertiary alicyclic amines) is 1. The number of amides is 1. The number of rotatable bonds is 8. The fourth-order valence-corrected chi connectivity index (χ4v) is 4.59. The molecule has 0 spiro atoms. The van der Waals surface area contributed by atoms with Crippen molar-refractivity contribution in [3.63, 3.8) is 0 Å². The predicted molar refractivity (Wildman–Crippen MR) is 142 cm³/mol. The quantitative estimate of drug-likeness (QED) is 0.341. The zero-order valence-electron chi connectivity index (χ0n) is 21.1. The molecule has 1 aliphatic rings. The molecule has 1 aliphatic heterocycles. The molecular formula is C29H33ClN2O4. The second-order valence-corrected chi connectivity index (χ2v) is 9.93. The van der Waals surface area contributed by atoms with E-state index in [1.165, 1.54) is 5.56 Å². The number of hydrogen-bond acceptors (Lipinski definition) is 5. The standard InChI is InChI=1S/C29H33ClN2O4/c1-4-35-29(34)25-17-26(21-8-10-23(30)11-9-21)36-27(25)18-32-14-12-20(13-15-32)22-6-5-7-24(16-22)31-28(33)19(2)3/h5-11,16-17,19-20H,4,12-15,18H2,1-3H3,(H,31,33). The van der Waals surface area contributed by atoms with Gasteiger partial charge in [-0.15, -0.1) is 0 Å². The molecule has 6 nitrogen and oxygen atoms in total. The fourth-order valence-electron chi connectivity index (χ4n) is 4.47. The molecule has 0 unspecified atom stereocenters. The number of benzene rings is 2. The fraction of sp³-hybridized carbons (Fsp3) is 0.379. The van der Waals surface area contributed by atoms with E-state index < -0.39 is 0 Å². The first-order valence-electron chi connectivity index (χ1n) is 12.5. The third kappa shape index (κ3) is 6.37. The molecule has 1 saturated heterocycles. The van der Waals surface area contributed by atoms with Crippen LogP contribution < -0.4 is 5.32 Å². The second kappa shape index (κ2) is 11.8.